The van der Waals surface area contributed by atoms with Gasteiger partial charge in [-0.15, -0.1) is 0 Å². The molecule has 8 nitrogen and oxygen atoms in total. The molecule has 2 aromatic heterocycles. The summed E-state index contributed by atoms with van der Waals surface area (Å²) < 4.78 is 6.60. The Morgan fingerprint density at radius 3 is 2.47 bits per heavy atom. The molecule has 30 heavy (non-hydrogen) atoms. The lowest BCUT2D eigenvalue weighted by molar-refractivity contribution is 0.0600. The van der Waals surface area contributed by atoms with Gasteiger partial charge in [0, 0.05) is 37.1 Å². The van der Waals surface area contributed by atoms with Crippen molar-refractivity contribution in [1.82, 2.24) is 19.7 Å². The molecule has 0 spiro atoms. The van der Waals surface area contributed by atoms with Crippen molar-refractivity contribution in [2.75, 3.05) is 36.5 Å². The molecule has 1 fully saturated rings. The van der Waals surface area contributed by atoms with E-state index < -0.39 is 0 Å². The van der Waals surface area contributed by atoms with E-state index >= 15 is 0 Å². The Morgan fingerprint density at radius 2 is 1.83 bits per heavy atom. The minimum absolute atomic E-state index is 0.254. The number of piperazine rings is 1. The molecule has 1 aromatic carbocycles. The topological polar surface area (TPSA) is 76.4 Å². The molecule has 3 aromatic rings. The number of methoxy groups -OCH3 is 1. The lowest BCUT2D eigenvalue weighted by Gasteiger charge is -2.41. The summed E-state index contributed by atoms with van der Waals surface area (Å²) in [6.45, 7) is 8.71. The zero-order valence-corrected chi connectivity index (χ0v) is 17.7. The van der Waals surface area contributed by atoms with Crippen molar-refractivity contribution in [3.05, 3.63) is 59.7 Å². The number of esters is 1. The van der Waals surface area contributed by atoms with Crippen LogP contribution in [0, 0.1) is 13.8 Å². The van der Waals surface area contributed by atoms with Gasteiger partial charge in [0.15, 0.2) is 5.82 Å². The lowest BCUT2D eigenvalue weighted by Crippen LogP contribution is -2.52. The van der Waals surface area contributed by atoms with Crippen molar-refractivity contribution in [3.8, 4) is 5.82 Å². The fourth-order valence-electron chi connectivity index (χ4n) is 3.91. The van der Waals surface area contributed by atoms with E-state index in [9.17, 15) is 4.79 Å². The van der Waals surface area contributed by atoms with Crippen LogP contribution in [0.4, 0.5) is 11.5 Å². The number of benzene rings is 1. The zero-order valence-electron chi connectivity index (χ0n) is 17.7. The van der Waals surface area contributed by atoms with Crippen LogP contribution in [0.2, 0.25) is 0 Å². The maximum Gasteiger partial charge on any atom is 0.337 e. The molecule has 1 unspecified atom stereocenters. The van der Waals surface area contributed by atoms with Gasteiger partial charge in [0.1, 0.15) is 5.82 Å². The third-order valence-electron chi connectivity index (χ3n) is 5.41. The van der Waals surface area contributed by atoms with Crippen LogP contribution < -0.4 is 9.80 Å². The van der Waals surface area contributed by atoms with Crippen molar-refractivity contribution in [3.63, 3.8) is 0 Å². The van der Waals surface area contributed by atoms with Gasteiger partial charge in [0.25, 0.3) is 0 Å². The van der Waals surface area contributed by atoms with Crippen molar-refractivity contribution in [2.24, 2.45) is 0 Å². The Balaban J connectivity index is 1.49. The molecule has 4 rings (SSSR count). The van der Waals surface area contributed by atoms with Gasteiger partial charge in [0.05, 0.1) is 30.8 Å². The van der Waals surface area contributed by atoms with Crippen LogP contribution in [0.5, 0.6) is 0 Å². The molecule has 3 heterocycles. The predicted octanol–water partition coefficient (Wildman–Crippen LogP) is 2.78. The molecule has 8 heteroatoms. The largest absolute Gasteiger partial charge is 0.465 e. The van der Waals surface area contributed by atoms with Gasteiger partial charge in [-0.1, -0.05) is 0 Å². The highest BCUT2D eigenvalue weighted by atomic mass is 16.5. The number of anilines is 2. The molecule has 0 saturated carbocycles. The smallest absolute Gasteiger partial charge is 0.337 e. The average Bonchev–Trinajstić information content (AvgIpc) is 3.11. The number of aromatic nitrogens is 4. The van der Waals surface area contributed by atoms with Crippen molar-refractivity contribution in [1.29, 1.82) is 0 Å². The standard InChI is InChI=1S/C22H26N6O2/c1-15-11-16(2)28(25-15)21-13-23-12-20(24-21)27-10-9-26(14-17(27)3)19-7-5-18(6-8-19)22(29)30-4/h5-8,11-13,17H,9-10,14H2,1-4H3. The summed E-state index contributed by atoms with van der Waals surface area (Å²) in [4.78, 5) is 25.5. The normalized spacial score (nSPS) is 16.6. The molecule has 1 aliphatic rings. The highest BCUT2D eigenvalue weighted by molar-refractivity contribution is 5.89. The predicted molar refractivity (Wildman–Crippen MR) is 115 cm³/mol. The van der Waals surface area contributed by atoms with E-state index in [1.807, 2.05) is 55.1 Å². The second kappa shape index (κ2) is 8.14. The van der Waals surface area contributed by atoms with E-state index in [1.54, 1.807) is 6.20 Å². The summed E-state index contributed by atoms with van der Waals surface area (Å²) in [5, 5.41) is 4.52. The summed E-state index contributed by atoms with van der Waals surface area (Å²) in [5.74, 6) is 1.26. The molecule has 0 N–H and O–H groups in total. The molecule has 0 aliphatic carbocycles. The Kier molecular flexibility index (Phi) is 5.39. The van der Waals surface area contributed by atoms with Crippen molar-refractivity contribution < 1.29 is 9.53 Å². The first-order valence-electron chi connectivity index (χ1n) is 10.0. The number of nitrogens with zero attached hydrogens (tertiary/aromatic N) is 6. The summed E-state index contributed by atoms with van der Waals surface area (Å²) in [7, 11) is 1.39. The van der Waals surface area contributed by atoms with Gasteiger partial charge in [-0.25, -0.2) is 14.5 Å². The van der Waals surface area contributed by atoms with E-state index in [4.69, 9.17) is 9.72 Å². The Hall–Kier alpha value is -3.42. The van der Waals surface area contributed by atoms with Crippen LogP contribution in [0.1, 0.15) is 28.7 Å². The third kappa shape index (κ3) is 3.85. The first kappa shape index (κ1) is 19.9. The molecule has 1 atom stereocenters. The van der Waals surface area contributed by atoms with Crippen LogP contribution in [-0.4, -0.2) is 58.5 Å². The SMILES string of the molecule is COC(=O)c1ccc(N2CCN(c3cncc(-n4nc(C)cc4C)n3)C(C)C2)cc1. The highest BCUT2D eigenvalue weighted by Gasteiger charge is 2.25. The van der Waals surface area contributed by atoms with Gasteiger partial charge in [-0.2, -0.15) is 5.10 Å². The second-order valence-corrected chi connectivity index (χ2v) is 7.60. The van der Waals surface area contributed by atoms with Crippen LogP contribution >= 0.6 is 0 Å². The number of ether oxygens (including phenoxy) is 1. The molecule has 1 saturated heterocycles. The average molecular weight is 406 g/mol. The number of hydrogen-bond acceptors (Lipinski definition) is 7. The van der Waals surface area contributed by atoms with E-state index in [0.29, 0.717) is 5.56 Å². The molecular formula is C22H26N6O2. The zero-order chi connectivity index (χ0) is 21.3. The van der Waals surface area contributed by atoms with Crippen LogP contribution in [0.15, 0.2) is 42.7 Å². The van der Waals surface area contributed by atoms with Gasteiger partial charge in [0.2, 0.25) is 0 Å². The maximum absolute atomic E-state index is 11.6. The summed E-state index contributed by atoms with van der Waals surface area (Å²) in [6.07, 6.45) is 3.55. The van der Waals surface area contributed by atoms with Crippen LogP contribution in [0.25, 0.3) is 5.82 Å². The van der Waals surface area contributed by atoms with Gasteiger partial charge in [-0.05, 0) is 51.1 Å². The molecule has 0 bridgehead atoms. The van der Waals surface area contributed by atoms with Crippen molar-refractivity contribution >= 4 is 17.5 Å². The van der Waals surface area contributed by atoms with Gasteiger partial charge < -0.3 is 14.5 Å². The number of aryl methyl sites for hydroxylation is 2. The Labute approximate surface area is 176 Å². The quantitative estimate of drug-likeness (QED) is 0.617. The molecule has 1 aliphatic heterocycles. The fraction of sp³-hybridized carbons (Fsp3) is 0.364. The first-order valence-corrected chi connectivity index (χ1v) is 10.0. The van der Waals surface area contributed by atoms with E-state index in [1.165, 1.54) is 7.11 Å². The molecule has 0 amide bonds. The fourth-order valence-corrected chi connectivity index (χ4v) is 3.91. The summed E-state index contributed by atoms with van der Waals surface area (Å²) in [6, 6.07) is 9.84. The Morgan fingerprint density at radius 1 is 1.10 bits per heavy atom. The van der Waals surface area contributed by atoms with Gasteiger partial charge >= 0.3 is 5.97 Å². The summed E-state index contributed by atoms with van der Waals surface area (Å²) >= 11 is 0. The lowest BCUT2D eigenvalue weighted by atomic mass is 10.1. The second-order valence-electron chi connectivity index (χ2n) is 7.60. The van der Waals surface area contributed by atoms with E-state index in [0.717, 1.165) is 48.3 Å². The third-order valence-corrected chi connectivity index (χ3v) is 5.41. The van der Waals surface area contributed by atoms with E-state index in [2.05, 4.69) is 26.8 Å². The van der Waals surface area contributed by atoms with E-state index in [-0.39, 0.29) is 12.0 Å². The highest BCUT2D eigenvalue weighted by Crippen LogP contribution is 2.24. The number of hydrogen-bond donors (Lipinski definition) is 0. The number of carbonyl (C=O) groups is 1. The molecule has 156 valence electrons. The van der Waals surface area contributed by atoms with Gasteiger partial charge in [-0.3, -0.25) is 4.98 Å². The first-order chi connectivity index (χ1) is 14.5. The number of rotatable bonds is 4. The monoisotopic (exact) mass is 406 g/mol. The maximum atomic E-state index is 11.6. The van der Waals surface area contributed by atoms with Crippen LogP contribution in [-0.2, 0) is 4.74 Å². The number of carbonyl (C=O) groups excluding carboxylic acids is 1. The molecular weight excluding hydrogens is 380 g/mol. The molecule has 0 radical (unpaired) electrons. The minimum Gasteiger partial charge on any atom is -0.465 e. The minimum atomic E-state index is -0.319. The van der Waals surface area contributed by atoms with Crippen LogP contribution in [0.3, 0.4) is 0 Å². The summed E-state index contributed by atoms with van der Waals surface area (Å²) in [5.41, 5.74) is 3.65. The Bertz CT molecular complexity index is 1050. The van der Waals surface area contributed by atoms with Crippen molar-refractivity contribution in [2.45, 2.75) is 26.8 Å².